The monoisotopic (exact) mass is 311 g/mol. The zero-order chi connectivity index (χ0) is 14.6. The van der Waals surface area contributed by atoms with Gasteiger partial charge in [0.1, 0.15) is 0 Å². The van der Waals surface area contributed by atoms with E-state index in [1.54, 1.807) is 12.2 Å². The first kappa shape index (κ1) is 15.2. The lowest BCUT2D eigenvalue weighted by Crippen LogP contribution is -2.70. The second-order valence-electron chi connectivity index (χ2n) is 4.75. The van der Waals surface area contributed by atoms with Gasteiger partial charge in [-0.05, 0) is 13.3 Å². The number of fused-ring (bicyclic) bond motifs is 2. The Balaban J connectivity index is 2.37. The molecule has 112 valence electrons. The van der Waals surface area contributed by atoms with Gasteiger partial charge in [0.15, 0.2) is 0 Å². The van der Waals surface area contributed by atoms with Gasteiger partial charge in [0.05, 0.1) is 17.5 Å². The molecule has 19 heavy (non-hydrogen) atoms. The molecule has 2 fully saturated rings. The van der Waals surface area contributed by atoms with Crippen molar-refractivity contribution in [1.82, 2.24) is 5.32 Å². The molecule has 9 heteroatoms. The molecule has 0 aromatic heterocycles. The van der Waals surface area contributed by atoms with Crippen LogP contribution in [-0.2, 0) is 4.74 Å². The topological polar surface area (TPSA) is 21.3 Å². The van der Waals surface area contributed by atoms with Crippen molar-refractivity contribution < 1.29 is 31.1 Å². The van der Waals surface area contributed by atoms with Gasteiger partial charge in [0.2, 0.25) is 5.54 Å². The molecular weight excluding hydrogens is 300 g/mol. The van der Waals surface area contributed by atoms with E-state index in [2.05, 4.69) is 0 Å². The van der Waals surface area contributed by atoms with E-state index in [-0.39, 0.29) is 13.0 Å². The molecular formula is C10H12ClF6NO. The predicted octanol–water partition coefficient (Wildman–Crippen LogP) is 2.85. The molecule has 0 unspecified atom stereocenters. The Kier molecular flexibility index (Phi) is 3.51. The highest BCUT2D eigenvalue weighted by Gasteiger charge is 2.81. The maximum atomic E-state index is 13.0. The van der Waals surface area contributed by atoms with Gasteiger partial charge >= 0.3 is 12.4 Å². The molecule has 2 nitrogen and oxygen atoms in total. The summed E-state index contributed by atoms with van der Waals surface area (Å²) >= 11 is 5.76. The van der Waals surface area contributed by atoms with Crippen LogP contribution in [0.3, 0.4) is 0 Å². The van der Waals surface area contributed by atoms with Gasteiger partial charge in [-0.3, -0.25) is 5.32 Å². The largest absolute Gasteiger partial charge is 0.415 e. The molecule has 1 heterocycles. The van der Waals surface area contributed by atoms with E-state index in [1.165, 1.54) is 0 Å². The Morgan fingerprint density at radius 1 is 1.21 bits per heavy atom. The van der Waals surface area contributed by atoms with E-state index >= 15 is 0 Å². The van der Waals surface area contributed by atoms with Gasteiger partial charge in [-0.25, -0.2) is 0 Å². The molecule has 1 saturated heterocycles. The summed E-state index contributed by atoms with van der Waals surface area (Å²) in [5.41, 5.74) is -3.93. The Morgan fingerprint density at radius 2 is 1.74 bits per heavy atom. The Labute approximate surface area is 110 Å². The van der Waals surface area contributed by atoms with Crippen molar-refractivity contribution in [3.63, 3.8) is 0 Å². The lowest BCUT2D eigenvalue weighted by molar-refractivity contribution is -0.321. The molecule has 1 N–H and O–H groups in total. The Hall–Kier alpha value is -0.210. The van der Waals surface area contributed by atoms with E-state index in [0.717, 1.165) is 0 Å². The molecule has 2 rings (SSSR count). The molecule has 0 radical (unpaired) electrons. The maximum Gasteiger partial charge on any atom is 0.415 e. The first-order valence-corrected chi connectivity index (χ1v) is 6.16. The van der Waals surface area contributed by atoms with Crippen LogP contribution in [0.5, 0.6) is 0 Å². The molecule has 1 aliphatic heterocycles. The summed E-state index contributed by atoms with van der Waals surface area (Å²) in [7, 11) is 0. The molecule has 1 saturated carbocycles. The van der Waals surface area contributed by atoms with Crippen LogP contribution in [0.15, 0.2) is 0 Å². The minimum absolute atomic E-state index is 0.213. The van der Waals surface area contributed by atoms with Crippen molar-refractivity contribution >= 4 is 11.6 Å². The van der Waals surface area contributed by atoms with Crippen LogP contribution in [0.2, 0.25) is 0 Å². The number of piperidine rings is 1. The van der Waals surface area contributed by atoms with Crippen LogP contribution in [0.4, 0.5) is 26.3 Å². The summed E-state index contributed by atoms with van der Waals surface area (Å²) in [4.78, 5) is 0. The van der Waals surface area contributed by atoms with Gasteiger partial charge in [0.25, 0.3) is 0 Å². The van der Waals surface area contributed by atoms with Crippen LogP contribution in [0.1, 0.15) is 13.3 Å². The van der Waals surface area contributed by atoms with Gasteiger partial charge in [0, 0.05) is 12.5 Å². The van der Waals surface area contributed by atoms with E-state index in [1.807, 2.05) is 0 Å². The highest BCUT2D eigenvalue weighted by molar-refractivity contribution is 6.22. The Bertz CT molecular complexity index is 343. The van der Waals surface area contributed by atoms with Gasteiger partial charge in [-0.15, -0.1) is 11.6 Å². The first-order valence-electron chi connectivity index (χ1n) is 5.73. The van der Waals surface area contributed by atoms with Crippen molar-refractivity contribution in [3.8, 4) is 0 Å². The lowest BCUT2D eigenvalue weighted by atomic mass is 9.82. The third-order valence-electron chi connectivity index (χ3n) is 3.84. The van der Waals surface area contributed by atoms with Crippen molar-refractivity contribution in [2.24, 2.45) is 5.92 Å². The second-order valence-corrected chi connectivity index (χ2v) is 5.26. The molecule has 0 aromatic carbocycles. The lowest BCUT2D eigenvalue weighted by Gasteiger charge is -2.42. The number of hydrogen-bond donors (Lipinski definition) is 1. The highest BCUT2D eigenvalue weighted by atomic mass is 35.5. The summed E-state index contributed by atoms with van der Waals surface area (Å²) < 4.78 is 83.0. The second kappa shape index (κ2) is 4.39. The first-order chi connectivity index (χ1) is 8.56. The fourth-order valence-corrected chi connectivity index (χ4v) is 3.59. The van der Waals surface area contributed by atoms with E-state index in [9.17, 15) is 26.3 Å². The summed E-state index contributed by atoms with van der Waals surface area (Å²) in [5.74, 6) is -1.77. The predicted molar refractivity (Wildman–Crippen MR) is 54.9 cm³/mol. The smallest absolute Gasteiger partial charge is 0.377 e. The van der Waals surface area contributed by atoms with Gasteiger partial charge in [-0.2, -0.15) is 26.3 Å². The van der Waals surface area contributed by atoms with Crippen molar-refractivity contribution in [1.29, 1.82) is 0 Å². The number of ether oxygens (including phenoxy) is 1. The third kappa shape index (κ3) is 1.94. The quantitative estimate of drug-likeness (QED) is 0.625. The minimum Gasteiger partial charge on any atom is -0.377 e. The standard InChI is InChI=1S/C10H12ClF6NO/c1-2-19-5-3-4-6(11)7(5)18-8(4,9(12,13)14)10(15,16)17/h4-7,18H,2-3H2,1H3/t4-,5+,6-,7-/m0/s1. The summed E-state index contributed by atoms with van der Waals surface area (Å²) in [5, 5.41) is 0.411. The fourth-order valence-electron chi connectivity index (χ4n) is 3.07. The zero-order valence-corrected chi connectivity index (χ0v) is 10.5. The molecule has 1 aliphatic carbocycles. The number of nitrogens with one attached hydrogen (secondary N) is 1. The minimum atomic E-state index is -5.45. The fraction of sp³-hybridized carbons (Fsp3) is 1.00. The summed E-state index contributed by atoms with van der Waals surface area (Å²) in [6.07, 6.45) is -12.0. The highest BCUT2D eigenvalue weighted by Crippen LogP contribution is 2.58. The van der Waals surface area contributed by atoms with Crippen LogP contribution in [-0.4, -0.2) is 42.0 Å². The number of halogens is 7. The van der Waals surface area contributed by atoms with Crippen LogP contribution in [0.25, 0.3) is 0 Å². The van der Waals surface area contributed by atoms with E-state index in [0.29, 0.717) is 0 Å². The normalized spacial score (nSPS) is 37.9. The van der Waals surface area contributed by atoms with Crippen LogP contribution < -0.4 is 5.32 Å². The molecule has 2 aliphatic rings. The van der Waals surface area contributed by atoms with Gasteiger partial charge in [-0.1, -0.05) is 0 Å². The van der Waals surface area contributed by atoms with Crippen molar-refractivity contribution in [3.05, 3.63) is 0 Å². The SMILES string of the molecule is CCO[C@@H]1C[C@H]2[C@H](Cl)[C@H]1NC2(C(F)(F)F)C(F)(F)F. The molecule has 0 spiro atoms. The molecule has 0 amide bonds. The molecule has 2 bridgehead atoms. The van der Waals surface area contributed by atoms with E-state index < -0.39 is 41.3 Å². The molecule has 4 atom stereocenters. The average molecular weight is 312 g/mol. The number of rotatable bonds is 2. The number of alkyl halides is 7. The van der Waals surface area contributed by atoms with Crippen LogP contribution >= 0.6 is 11.6 Å². The Morgan fingerprint density at radius 3 is 2.05 bits per heavy atom. The number of hydrogen-bond acceptors (Lipinski definition) is 2. The zero-order valence-electron chi connectivity index (χ0n) is 9.78. The average Bonchev–Trinajstić information content (AvgIpc) is 2.68. The van der Waals surface area contributed by atoms with Gasteiger partial charge < -0.3 is 4.74 Å². The van der Waals surface area contributed by atoms with Crippen LogP contribution in [0, 0.1) is 5.92 Å². The maximum absolute atomic E-state index is 13.0. The van der Waals surface area contributed by atoms with Crippen molar-refractivity contribution in [2.75, 3.05) is 6.61 Å². The molecule has 0 aromatic rings. The third-order valence-corrected chi connectivity index (χ3v) is 4.42. The summed E-state index contributed by atoms with van der Waals surface area (Å²) in [6.45, 7) is 1.83. The van der Waals surface area contributed by atoms with E-state index in [4.69, 9.17) is 16.3 Å². The van der Waals surface area contributed by atoms with Crippen molar-refractivity contribution in [2.45, 2.75) is 48.8 Å². The summed E-state index contributed by atoms with van der Waals surface area (Å²) in [6, 6.07) is -1.14.